The number of nitrogens with one attached hydrogen (secondary N) is 1. The van der Waals surface area contributed by atoms with Crippen molar-refractivity contribution < 1.29 is 9.13 Å². The molecule has 0 spiro atoms. The Labute approximate surface area is 114 Å². The van der Waals surface area contributed by atoms with Crippen molar-refractivity contribution in [1.29, 1.82) is 0 Å². The fourth-order valence-corrected chi connectivity index (χ4v) is 2.61. The van der Waals surface area contributed by atoms with Gasteiger partial charge in [-0.1, -0.05) is 6.92 Å². The third kappa shape index (κ3) is 3.83. The van der Waals surface area contributed by atoms with Gasteiger partial charge in [0.15, 0.2) is 11.6 Å². The number of piperidine rings is 1. The van der Waals surface area contributed by atoms with Gasteiger partial charge in [-0.25, -0.2) is 4.39 Å². The van der Waals surface area contributed by atoms with Crippen molar-refractivity contribution in [2.75, 3.05) is 32.1 Å². The normalized spacial score (nSPS) is 17.4. The highest BCUT2D eigenvalue weighted by Crippen LogP contribution is 2.23. The summed E-state index contributed by atoms with van der Waals surface area (Å²) in [5, 5.41) is 3.41. The van der Waals surface area contributed by atoms with Crippen molar-refractivity contribution in [3.05, 3.63) is 24.0 Å². The molecule has 1 saturated heterocycles. The lowest BCUT2D eigenvalue weighted by Gasteiger charge is -2.32. The van der Waals surface area contributed by atoms with Gasteiger partial charge >= 0.3 is 0 Å². The molecule has 0 radical (unpaired) electrons. The maximum atomic E-state index is 13.6. The molecule has 19 heavy (non-hydrogen) atoms. The Kier molecular flexibility index (Phi) is 5.02. The summed E-state index contributed by atoms with van der Waals surface area (Å²) in [6.07, 6.45) is 3.45. The van der Waals surface area contributed by atoms with Crippen LogP contribution in [0.5, 0.6) is 5.75 Å². The van der Waals surface area contributed by atoms with E-state index in [2.05, 4.69) is 17.1 Å². The molecule has 1 fully saturated rings. The van der Waals surface area contributed by atoms with E-state index in [4.69, 9.17) is 4.74 Å². The van der Waals surface area contributed by atoms with Gasteiger partial charge in [0.2, 0.25) is 0 Å². The van der Waals surface area contributed by atoms with Gasteiger partial charge in [0.1, 0.15) is 0 Å². The van der Waals surface area contributed by atoms with Crippen LogP contribution in [0.15, 0.2) is 18.2 Å². The molecule has 1 aliphatic rings. The predicted molar refractivity (Wildman–Crippen MR) is 76.3 cm³/mol. The van der Waals surface area contributed by atoms with Gasteiger partial charge in [-0.05, 0) is 37.9 Å². The lowest BCUT2D eigenvalue weighted by atomic mass is 10.0. The molecule has 1 aromatic rings. The zero-order valence-electron chi connectivity index (χ0n) is 11.8. The summed E-state index contributed by atoms with van der Waals surface area (Å²) in [5.41, 5.74) is 0.840. The van der Waals surface area contributed by atoms with Gasteiger partial charge in [-0.15, -0.1) is 0 Å². The third-order valence-electron chi connectivity index (χ3n) is 3.65. The number of hydrogen-bond acceptors (Lipinski definition) is 3. The number of rotatable bonds is 5. The van der Waals surface area contributed by atoms with E-state index < -0.39 is 0 Å². The van der Waals surface area contributed by atoms with Crippen molar-refractivity contribution in [2.45, 2.75) is 32.2 Å². The molecule has 0 saturated carbocycles. The Balaban J connectivity index is 1.87. The van der Waals surface area contributed by atoms with E-state index >= 15 is 0 Å². The first-order chi connectivity index (χ1) is 9.22. The minimum absolute atomic E-state index is 0.295. The van der Waals surface area contributed by atoms with Crippen LogP contribution in [0.25, 0.3) is 0 Å². The lowest BCUT2D eigenvalue weighted by Crippen LogP contribution is -2.39. The highest BCUT2D eigenvalue weighted by atomic mass is 19.1. The molecule has 1 aromatic carbocycles. The number of likely N-dealkylation sites (tertiary alicyclic amines) is 1. The van der Waals surface area contributed by atoms with Gasteiger partial charge in [0.05, 0.1) is 7.11 Å². The average Bonchev–Trinajstić information content (AvgIpc) is 2.42. The van der Waals surface area contributed by atoms with E-state index in [0.29, 0.717) is 11.8 Å². The Morgan fingerprint density at radius 3 is 2.68 bits per heavy atom. The van der Waals surface area contributed by atoms with Crippen LogP contribution in [0.2, 0.25) is 0 Å². The highest BCUT2D eigenvalue weighted by Gasteiger charge is 2.18. The summed E-state index contributed by atoms with van der Waals surface area (Å²) in [7, 11) is 1.48. The van der Waals surface area contributed by atoms with E-state index in [0.717, 1.165) is 31.6 Å². The van der Waals surface area contributed by atoms with E-state index in [1.54, 1.807) is 6.07 Å². The van der Waals surface area contributed by atoms with E-state index in [1.165, 1.54) is 26.1 Å². The Hall–Kier alpha value is -1.29. The number of halogens is 1. The molecule has 1 N–H and O–H groups in total. The third-order valence-corrected chi connectivity index (χ3v) is 3.65. The minimum atomic E-state index is -0.309. The minimum Gasteiger partial charge on any atom is -0.494 e. The summed E-state index contributed by atoms with van der Waals surface area (Å²) in [6, 6.07) is 5.50. The molecule has 0 unspecified atom stereocenters. The van der Waals surface area contributed by atoms with Crippen LogP contribution in [0.1, 0.15) is 26.2 Å². The van der Waals surface area contributed by atoms with Crippen molar-refractivity contribution in [3.8, 4) is 5.75 Å². The first-order valence-corrected chi connectivity index (χ1v) is 7.05. The number of nitrogens with zero attached hydrogens (tertiary/aromatic N) is 1. The summed E-state index contributed by atoms with van der Waals surface area (Å²) in [4.78, 5) is 2.49. The van der Waals surface area contributed by atoms with Gasteiger partial charge < -0.3 is 15.0 Å². The Bertz CT molecular complexity index is 403. The van der Waals surface area contributed by atoms with Gasteiger partial charge in [0, 0.05) is 30.9 Å². The van der Waals surface area contributed by atoms with E-state index in [-0.39, 0.29) is 5.82 Å². The van der Waals surface area contributed by atoms with Crippen molar-refractivity contribution in [1.82, 2.24) is 4.90 Å². The van der Waals surface area contributed by atoms with Crippen LogP contribution in [0.3, 0.4) is 0 Å². The summed E-state index contributed by atoms with van der Waals surface area (Å²) < 4.78 is 18.5. The Morgan fingerprint density at radius 2 is 2.11 bits per heavy atom. The highest BCUT2D eigenvalue weighted by molar-refractivity contribution is 5.48. The topological polar surface area (TPSA) is 24.5 Å². The number of methoxy groups -OCH3 is 1. The molecular weight excluding hydrogens is 243 g/mol. The lowest BCUT2D eigenvalue weighted by molar-refractivity contribution is 0.219. The van der Waals surface area contributed by atoms with Gasteiger partial charge in [0.25, 0.3) is 0 Å². The van der Waals surface area contributed by atoms with Crippen LogP contribution < -0.4 is 10.1 Å². The fourth-order valence-electron chi connectivity index (χ4n) is 2.61. The maximum absolute atomic E-state index is 13.6. The first kappa shape index (κ1) is 14.1. The van der Waals surface area contributed by atoms with Crippen molar-refractivity contribution in [3.63, 3.8) is 0 Å². The van der Waals surface area contributed by atoms with Crippen molar-refractivity contribution in [2.24, 2.45) is 0 Å². The van der Waals surface area contributed by atoms with Crippen molar-refractivity contribution >= 4 is 5.69 Å². The molecule has 0 aromatic heterocycles. The first-order valence-electron chi connectivity index (χ1n) is 7.05. The second-order valence-electron chi connectivity index (χ2n) is 5.11. The number of anilines is 1. The molecule has 1 heterocycles. The molecule has 1 aliphatic heterocycles. The quantitative estimate of drug-likeness (QED) is 0.886. The van der Waals surface area contributed by atoms with Gasteiger partial charge in [-0.2, -0.15) is 0 Å². The van der Waals surface area contributed by atoms with Crippen LogP contribution in [0.4, 0.5) is 10.1 Å². The molecule has 0 atom stereocenters. The van der Waals surface area contributed by atoms with Crippen LogP contribution in [-0.4, -0.2) is 37.7 Å². The van der Waals surface area contributed by atoms with Crippen LogP contribution >= 0.6 is 0 Å². The molecule has 3 nitrogen and oxygen atoms in total. The smallest absolute Gasteiger partial charge is 0.167 e. The second-order valence-corrected chi connectivity index (χ2v) is 5.11. The zero-order chi connectivity index (χ0) is 13.7. The molecule has 0 aliphatic carbocycles. The number of hydrogen-bond donors (Lipinski definition) is 1. The standard InChI is InChI=1S/C15H23FN2O/c1-3-8-18-9-6-12(7-10-18)17-13-4-5-15(19-2)14(16)11-13/h4-5,11-12,17H,3,6-10H2,1-2H3. The summed E-state index contributed by atoms with van der Waals surface area (Å²) >= 11 is 0. The molecule has 4 heteroatoms. The Morgan fingerprint density at radius 1 is 1.37 bits per heavy atom. The predicted octanol–water partition coefficient (Wildman–Crippen LogP) is 3.12. The van der Waals surface area contributed by atoms with Crippen LogP contribution in [0, 0.1) is 5.82 Å². The maximum Gasteiger partial charge on any atom is 0.167 e. The summed E-state index contributed by atoms with van der Waals surface area (Å²) in [5.74, 6) is -0.0146. The van der Waals surface area contributed by atoms with E-state index in [1.807, 2.05) is 6.07 Å². The monoisotopic (exact) mass is 266 g/mol. The molecule has 2 rings (SSSR count). The number of ether oxygens (including phenoxy) is 1. The molecule has 106 valence electrons. The number of benzene rings is 1. The molecule has 0 bridgehead atoms. The molecule has 0 amide bonds. The zero-order valence-corrected chi connectivity index (χ0v) is 11.8. The molecular formula is C15H23FN2O. The van der Waals surface area contributed by atoms with Gasteiger partial charge in [-0.3, -0.25) is 0 Å². The average molecular weight is 266 g/mol. The SMILES string of the molecule is CCCN1CCC(Nc2ccc(OC)c(F)c2)CC1. The largest absolute Gasteiger partial charge is 0.494 e. The fraction of sp³-hybridized carbons (Fsp3) is 0.600. The van der Waals surface area contributed by atoms with Crippen LogP contribution in [-0.2, 0) is 0 Å². The second kappa shape index (κ2) is 6.75. The van der Waals surface area contributed by atoms with E-state index in [9.17, 15) is 4.39 Å². The summed E-state index contributed by atoms with van der Waals surface area (Å²) in [6.45, 7) is 5.66.